The molecular formula is C15H27N3O2S. The number of aromatic nitrogens is 1. The Bertz CT molecular complexity index is 565. The van der Waals surface area contributed by atoms with Crippen molar-refractivity contribution in [3.05, 3.63) is 18.0 Å². The fourth-order valence-corrected chi connectivity index (χ4v) is 4.47. The maximum atomic E-state index is 12.5. The molecule has 120 valence electrons. The molecule has 6 heteroatoms. The Balaban J connectivity index is 2.15. The molecule has 1 aliphatic carbocycles. The Morgan fingerprint density at radius 1 is 1.38 bits per heavy atom. The maximum Gasteiger partial charge on any atom is 0.242 e. The van der Waals surface area contributed by atoms with Crippen LogP contribution >= 0.6 is 0 Å². The zero-order valence-electron chi connectivity index (χ0n) is 13.2. The molecule has 0 saturated heterocycles. The Morgan fingerprint density at radius 3 is 2.76 bits per heavy atom. The van der Waals surface area contributed by atoms with Crippen LogP contribution in [0.1, 0.15) is 45.2 Å². The van der Waals surface area contributed by atoms with E-state index in [0.717, 1.165) is 31.5 Å². The molecule has 2 atom stereocenters. The summed E-state index contributed by atoms with van der Waals surface area (Å²) in [7, 11) is -1.55. The van der Waals surface area contributed by atoms with Gasteiger partial charge in [-0.2, -0.15) is 0 Å². The van der Waals surface area contributed by atoms with Gasteiger partial charge in [0.1, 0.15) is 0 Å². The summed E-state index contributed by atoms with van der Waals surface area (Å²) < 4.78 is 30.0. The molecule has 1 aromatic rings. The molecule has 0 bridgehead atoms. The smallest absolute Gasteiger partial charge is 0.242 e. The van der Waals surface area contributed by atoms with Crippen molar-refractivity contribution in [1.82, 2.24) is 14.6 Å². The van der Waals surface area contributed by atoms with Gasteiger partial charge in [-0.05, 0) is 38.8 Å². The maximum absolute atomic E-state index is 12.5. The van der Waals surface area contributed by atoms with Gasteiger partial charge in [0.25, 0.3) is 0 Å². The lowest BCUT2D eigenvalue weighted by molar-refractivity contribution is 0.327. The molecule has 5 nitrogen and oxygen atoms in total. The van der Waals surface area contributed by atoms with Crippen LogP contribution in [-0.4, -0.2) is 26.1 Å². The predicted molar refractivity (Wildman–Crippen MR) is 84.6 cm³/mol. The van der Waals surface area contributed by atoms with Crippen LogP contribution < -0.4 is 10.0 Å². The predicted octanol–water partition coefficient (Wildman–Crippen LogP) is 2.08. The van der Waals surface area contributed by atoms with Crippen molar-refractivity contribution in [2.45, 2.75) is 63.6 Å². The molecule has 1 aromatic heterocycles. The lowest BCUT2D eigenvalue weighted by Crippen LogP contribution is -2.37. The average molecular weight is 313 g/mol. The number of nitrogens with zero attached hydrogens (tertiary/aromatic N) is 1. The Labute approximate surface area is 128 Å². The fourth-order valence-electron chi connectivity index (χ4n) is 3.12. The Hall–Kier alpha value is -0.850. The summed E-state index contributed by atoms with van der Waals surface area (Å²) in [5.41, 5.74) is 0.998. The number of hydrogen-bond donors (Lipinski definition) is 2. The van der Waals surface area contributed by atoms with Gasteiger partial charge in [0.15, 0.2) is 0 Å². The van der Waals surface area contributed by atoms with Crippen LogP contribution in [0.15, 0.2) is 17.2 Å². The minimum Gasteiger partial charge on any atom is -0.349 e. The molecule has 2 unspecified atom stereocenters. The summed E-state index contributed by atoms with van der Waals surface area (Å²) >= 11 is 0. The van der Waals surface area contributed by atoms with Crippen molar-refractivity contribution >= 4 is 10.0 Å². The highest BCUT2D eigenvalue weighted by Crippen LogP contribution is 2.25. The molecule has 0 spiro atoms. The Morgan fingerprint density at radius 2 is 2.14 bits per heavy atom. The molecule has 0 aromatic carbocycles. The van der Waals surface area contributed by atoms with E-state index >= 15 is 0 Å². The summed E-state index contributed by atoms with van der Waals surface area (Å²) in [4.78, 5) is 0.382. The van der Waals surface area contributed by atoms with Crippen molar-refractivity contribution in [2.24, 2.45) is 5.92 Å². The van der Waals surface area contributed by atoms with Crippen molar-refractivity contribution in [3.63, 3.8) is 0 Å². The largest absolute Gasteiger partial charge is 0.349 e. The van der Waals surface area contributed by atoms with Crippen molar-refractivity contribution in [3.8, 4) is 0 Å². The normalized spacial score (nSPS) is 23.4. The van der Waals surface area contributed by atoms with E-state index in [1.165, 1.54) is 6.42 Å². The molecule has 2 N–H and O–H groups in total. The second-order valence-corrected chi connectivity index (χ2v) is 7.79. The van der Waals surface area contributed by atoms with Crippen molar-refractivity contribution < 1.29 is 8.42 Å². The van der Waals surface area contributed by atoms with Crippen molar-refractivity contribution in [2.75, 3.05) is 7.05 Å². The van der Waals surface area contributed by atoms with E-state index in [4.69, 9.17) is 0 Å². The topological polar surface area (TPSA) is 63.1 Å². The van der Waals surface area contributed by atoms with E-state index in [9.17, 15) is 8.42 Å². The summed E-state index contributed by atoms with van der Waals surface area (Å²) in [6, 6.07) is 1.85. The highest BCUT2D eigenvalue weighted by Gasteiger charge is 2.25. The van der Waals surface area contributed by atoms with Crippen LogP contribution in [0.4, 0.5) is 0 Å². The van der Waals surface area contributed by atoms with E-state index in [1.54, 1.807) is 12.3 Å². The minimum atomic E-state index is -3.41. The number of hydrogen-bond acceptors (Lipinski definition) is 3. The molecule has 2 rings (SSSR count). The summed E-state index contributed by atoms with van der Waals surface area (Å²) in [5.74, 6) is 0.603. The zero-order valence-corrected chi connectivity index (χ0v) is 14.0. The lowest BCUT2D eigenvalue weighted by Gasteiger charge is -2.27. The monoisotopic (exact) mass is 313 g/mol. The van der Waals surface area contributed by atoms with Gasteiger partial charge in [-0.3, -0.25) is 0 Å². The van der Waals surface area contributed by atoms with Gasteiger partial charge in [0.2, 0.25) is 10.0 Å². The minimum absolute atomic E-state index is 0.0801. The molecule has 0 amide bonds. The number of aryl methyl sites for hydroxylation is 1. The molecule has 1 aliphatic rings. The van der Waals surface area contributed by atoms with Crippen LogP contribution in [0.5, 0.6) is 0 Å². The molecule has 0 radical (unpaired) electrons. The summed E-state index contributed by atoms with van der Waals surface area (Å²) in [5, 5.41) is 3.07. The van der Waals surface area contributed by atoms with Gasteiger partial charge in [0, 0.05) is 31.0 Å². The van der Waals surface area contributed by atoms with Gasteiger partial charge < -0.3 is 9.88 Å². The number of rotatable bonds is 6. The number of nitrogens with one attached hydrogen (secondary N) is 2. The number of sulfonamides is 1. The first kappa shape index (κ1) is 16.5. The first-order valence-corrected chi connectivity index (χ1v) is 9.30. The lowest BCUT2D eigenvalue weighted by atomic mass is 9.88. The third-order valence-electron chi connectivity index (χ3n) is 4.23. The third-order valence-corrected chi connectivity index (χ3v) is 5.72. The van der Waals surface area contributed by atoms with E-state index in [-0.39, 0.29) is 6.04 Å². The van der Waals surface area contributed by atoms with Gasteiger partial charge in [-0.15, -0.1) is 0 Å². The highest BCUT2D eigenvalue weighted by molar-refractivity contribution is 7.89. The molecule has 1 fully saturated rings. The standard InChI is InChI=1S/C15H27N3O2S/c1-4-18-11-15(9-14(18)10-16-3)21(19,20)17-13-7-5-6-12(2)8-13/h9,11-13,16-17H,4-8,10H2,1-3H3. The molecule has 21 heavy (non-hydrogen) atoms. The fraction of sp³-hybridized carbons (Fsp3) is 0.733. The van der Waals surface area contributed by atoms with Gasteiger partial charge in [0.05, 0.1) is 4.90 Å². The van der Waals surface area contributed by atoms with Crippen LogP contribution in [-0.2, 0) is 23.1 Å². The van der Waals surface area contributed by atoms with Crippen molar-refractivity contribution in [1.29, 1.82) is 0 Å². The van der Waals surface area contributed by atoms with Gasteiger partial charge >= 0.3 is 0 Å². The zero-order chi connectivity index (χ0) is 15.5. The average Bonchev–Trinajstić information content (AvgIpc) is 2.83. The van der Waals surface area contributed by atoms with Crippen LogP contribution in [0.3, 0.4) is 0 Å². The van der Waals surface area contributed by atoms with Crippen LogP contribution in [0.2, 0.25) is 0 Å². The first-order chi connectivity index (χ1) is 9.96. The highest BCUT2D eigenvalue weighted by atomic mass is 32.2. The van der Waals surface area contributed by atoms with Crippen LogP contribution in [0, 0.1) is 5.92 Å². The summed E-state index contributed by atoms with van der Waals surface area (Å²) in [6.07, 6.45) is 5.94. The molecule has 1 heterocycles. The third kappa shape index (κ3) is 4.08. The molecule has 1 saturated carbocycles. The summed E-state index contributed by atoms with van der Waals surface area (Å²) in [6.45, 7) is 5.65. The SMILES string of the molecule is CCn1cc(S(=O)(=O)NC2CCCC(C)C2)cc1CNC. The van der Waals surface area contributed by atoms with E-state index in [0.29, 0.717) is 17.4 Å². The van der Waals surface area contributed by atoms with E-state index in [1.807, 2.05) is 18.5 Å². The van der Waals surface area contributed by atoms with Gasteiger partial charge in [-0.25, -0.2) is 13.1 Å². The quantitative estimate of drug-likeness (QED) is 0.845. The molecular weight excluding hydrogens is 286 g/mol. The second kappa shape index (κ2) is 6.94. The first-order valence-electron chi connectivity index (χ1n) is 7.82. The Kier molecular flexibility index (Phi) is 5.46. The van der Waals surface area contributed by atoms with Crippen LogP contribution in [0.25, 0.3) is 0 Å². The second-order valence-electron chi connectivity index (χ2n) is 6.07. The van der Waals surface area contributed by atoms with E-state index in [2.05, 4.69) is 17.0 Å². The van der Waals surface area contributed by atoms with Gasteiger partial charge in [-0.1, -0.05) is 19.8 Å². The van der Waals surface area contributed by atoms with E-state index < -0.39 is 10.0 Å². The molecule has 0 aliphatic heterocycles.